The normalized spacial score (nSPS) is 21.0. The summed E-state index contributed by atoms with van der Waals surface area (Å²) in [6.07, 6.45) is 1.19. The molecule has 23 heavy (non-hydrogen) atoms. The van der Waals surface area contributed by atoms with Crippen molar-refractivity contribution in [3.63, 3.8) is 0 Å². The summed E-state index contributed by atoms with van der Waals surface area (Å²) in [4.78, 5) is 26.6. The van der Waals surface area contributed by atoms with Crippen molar-refractivity contribution in [1.82, 2.24) is 19.9 Å². The smallest absolute Gasteiger partial charge is 0.277 e. The molecule has 1 aliphatic rings. The first-order valence-corrected chi connectivity index (χ1v) is 7.92. The monoisotopic (exact) mass is 315 g/mol. The zero-order valence-electron chi connectivity index (χ0n) is 13.2. The van der Waals surface area contributed by atoms with Crippen molar-refractivity contribution in [2.24, 2.45) is 11.7 Å². The molecule has 1 saturated heterocycles. The Morgan fingerprint density at radius 1 is 1.39 bits per heavy atom. The molecule has 1 aromatic heterocycles. The zero-order chi connectivity index (χ0) is 16.4. The fraction of sp³-hybridized carbons (Fsp3) is 0.500. The molecule has 1 aromatic carbocycles. The third-order valence-corrected chi connectivity index (χ3v) is 4.48. The van der Waals surface area contributed by atoms with Crippen LogP contribution < -0.4 is 11.3 Å². The SMILES string of the molecule is CC1CC(CN)CN1C(=O)CCn1nnc2ccccc2c1=O. The molecule has 1 fully saturated rings. The van der Waals surface area contributed by atoms with E-state index in [2.05, 4.69) is 10.3 Å². The number of hydrogen-bond donors (Lipinski definition) is 1. The largest absolute Gasteiger partial charge is 0.340 e. The number of nitrogens with two attached hydrogens (primary N) is 1. The number of amides is 1. The third-order valence-electron chi connectivity index (χ3n) is 4.48. The van der Waals surface area contributed by atoms with E-state index < -0.39 is 0 Å². The van der Waals surface area contributed by atoms with Crippen LogP contribution in [0.1, 0.15) is 19.8 Å². The number of benzene rings is 1. The zero-order valence-corrected chi connectivity index (χ0v) is 13.2. The molecule has 0 bridgehead atoms. The van der Waals surface area contributed by atoms with Crippen LogP contribution in [0.2, 0.25) is 0 Å². The standard InChI is InChI=1S/C16H21N5O2/c1-11-8-12(9-17)10-20(11)15(22)6-7-21-16(23)13-4-2-3-5-14(13)18-19-21/h2-5,11-12H,6-10,17H2,1H3. The summed E-state index contributed by atoms with van der Waals surface area (Å²) in [5.74, 6) is 0.410. The Morgan fingerprint density at radius 3 is 2.91 bits per heavy atom. The van der Waals surface area contributed by atoms with Gasteiger partial charge in [-0.05, 0) is 37.9 Å². The van der Waals surface area contributed by atoms with E-state index in [1.807, 2.05) is 17.9 Å². The van der Waals surface area contributed by atoms with E-state index in [-0.39, 0.29) is 30.5 Å². The van der Waals surface area contributed by atoms with Crippen LogP contribution in [0.5, 0.6) is 0 Å². The number of fused-ring (bicyclic) bond motifs is 1. The lowest BCUT2D eigenvalue weighted by Gasteiger charge is -2.21. The molecule has 7 nitrogen and oxygen atoms in total. The molecule has 0 spiro atoms. The molecule has 2 atom stereocenters. The van der Waals surface area contributed by atoms with Crippen LogP contribution in [0.3, 0.4) is 0 Å². The molecule has 2 heterocycles. The molecule has 7 heteroatoms. The fourth-order valence-electron chi connectivity index (χ4n) is 3.18. The lowest BCUT2D eigenvalue weighted by molar-refractivity contribution is -0.132. The fourth-order valence-corrected chi connectivity index (χ4v) is 3.18. The Balaban J connectivity index is 1.70. The molecule has 0 aliphatic carbocycles. The van der Waals surface area contributed by atoms with E-state index in [0.29, 0.717) is 29.9 Å². The van der Waals surface area contributed by atoms with E-state index in [1.165, 1.54) is 4.68 Å². The first-order valence-electron chi connectivity index (χ1n) is 7.92. The van der Waals surface area contributed by atoms with Gasteiger partial charge in [0.15, 0.2) is 0 Å². The number of carbonyl (C=O) groups is 1. The molecule has 122 valence electrons. The van der Waals surface area contributed by atoms with Gasteiger partial charge in [0.25, 0.3) is 5.56 Å². The maximum atomic E-state index is 12.4. The van der Waals surface area contributed by atoms with E-state index in [0.717, 1.165) is 6.42 Å². The predicted octanol–water partition coefficient (Wildman–Crippen LogP) is 0.377. The highest BCUT2D eigenvalue weighted by molar-refractivity contribution is 5.77. The van der Waals surface area contributed by atoms with E-state index in [4.69, 9.17) is 5.73 Å². The first kappa shape index (κ1) is 15.6. The summed E-state index contributed by atoms with van der Waals surface area (Å²) in [6.45, 7) is 3.58. The third kappa shape index (κ3) is 3.10. The van der Waals surface area contributed by atoms with Gasteiger partial charge in [0, 0.05) is 19.0 Å². The van der Waals surface area contributed by atoms with E-state index in [9.17, 15) is 9.59 Å². The second kappa shape index (κ2) is 6.45. The number of likely N-dealkylation sites (tertiary alicyclic amines) is 1. The highest BCUT2D eigenvalue weighted by Gasteiger charge is 2.31. The highest BCUT2D eigenvalue weighted by atomic mass is 16.2. The van der Waals surface area contributed by atoms with Gasteiger partial charge < -0.3 is 10.6 Å². The first-order chi connectivity index (χ1) is 11.1. The molecule has 1 amide bonds. The summed E-state index contributed by atoms with van der Waals surface area (Å²) in [5, 5.41) is 8.47. The highest BCUT2D eigenvalue weighted by Crippen LogP contribution is 2.22. The van der Waals surface area contributed by atoms with Gasteiger partial charge in [0.05, 0.1) is 11.9 Å². The van der Waals surface area contributed by atoms with Crippen LogP contribution in [-0.4, -0.2) is 44.9 Å². The molecule has 0 saturated carbocycles. The predicted molar refractivity (Wildman–Crippen MR) is 86.8 cm³/mol. The van der Waals surface area contributed by atoms with Crippen LogP contribution >= 0.6 is 0 Å². The number of hydrogen-bond acceptors (Lipinski definition) is 5. The van der Waals surface area contributed by atoms with Crippen LogP contribution in [0, 0.1) is 5.92 Å². The average molecular weight is 315 g/mol. The van der Waals surface area contributed by atoms with Gasteiger partial charge in [-0.1, -0.05) is 17.3 Å². The van der Waals surface area contributed by atoms with E-state index in [1.54, 1.807) is 18.2 Å². The van der Waals surface area contributed by atoms with Crippen molar-refractivity contribution >= 4 is 16.8 Å². The minimum atomic E-state index is -0.210. The van der Waals surface area contributed by atoms with Crippen molar-refractivity contribution in [3.8, 4) is 0 Å². The molecular weight excluding hydrogens is 294 g/mol. The lowest BCUT2D eigenvalue weighted by atomic mass is 10.1. The van der Waals surface area contributed by atoms with Gasteiger partial charge in [-0.2, -0.15) is 0 Å². The van der Waals surface area contributed by atoms with Crippen LogP contribution in [-0.2, 0) is 11.3 Å². The second-order valence-electron chi connectivity index (χ2n) is 6.12. The van der Waals surface area contributed by atoms with Gasteiger partial charge >= 0.3 is 0 Å². The Morgan fingerprint density at radius 2 is 2.17 bits per heavy atom. The lowest BCUT2D eigenvalue weighted by Crippen LogP contribution is -2.36. The average Bonchev–Trinajstić information content (AvgIpc) is 2.95. The molecule has 2 unspecified atom stereocenters. The summed E-state index contributed by atoms with van der Waals surface area (Å²) in [7, 11) is 0. The van der Waals surface area contributed by atoms with Crippen LogP contribution in [0.25, 0.3) is 10.9 Å². The molecule has 0 radical (unpaired) electrons. The second-order valence-corrected chi connectivity index (χ2v) is 6.12. The summed E-state index contributed by atoms with van der Waals surface area (Å²) < 4.78 is 1.27. The van der Waals surface area contributed by atoms with Crippen molar-refractivity contribution in [1.29, 1.82) is 0 Å². The number of aromatic nitrogens is 3. The van der Waals surface area contributed by atoms with Crippen molar-refractivity contribution in [2.45, 2.75) is 32.4 Å². The number of carbonyl (C=O) groups excluding carboxylic acids is 1. The minimum Gasteiger partial charge on any atom is -0.340 e. The van der Waals surface area contributed by atoms with Crippen molar-refractivity contribution < 1.29 is 4.79 Å². The molecule has 1 aliphatic heterocycles. The summed E-state index contributed by atoms with van der Waals surface area (Å²) in [6, 6.07) is 7.28. The van der Waals surface area contributed by atoms with Gasteiger partial charge in [0.2, 0.25) is 5.91 Å². The Hall–Kier alpha value is -2.28. The van der Waals surface area contributed by atoms with Crippen LogP contribution in [0.4, 0.5) is 0 Å². The van der Waals surface area contributed by atoms with E-state index >= 15 is 0 Å². The molecular formula is C16H21N5O2. The molecule has 2 N–H and O–H groups in total. The van der Waals surface area contributed by atoms with Gasteiger partial charge in [-0.25, -0.2) is 4.68 Å². The van der Waals surface area contributed by atoms with Crippen LogP contribution in [0.15, 0.2) is 29.1 Å². The maximum Gasteiger partial charge on any atom is 0.277 e. The number of rotatable bonds is 4. The number of aryl methyl sites for hydroxylation is 1. The van der Waals surface area contributed by atoms with Gasteiger partial charge in [0.1, 0.15) is 5.52 Å². The minimum absolute atomic E-state index is 0.0373. The van der Waals surface area contributed by atoms with Gasteiger partial charge in [-0.15, -0.1) is 5.10 Å². The number of nitrogens with zero attached hydrogens (tertiary/aromatic N) is 4. The molecule has 2 aromatic rings. The van der Waals surface area contributed by atoms with Gasteiger partial charge in [-0.3, -0.25) is 9.59 Å². The topological polar surface area (TPSA) is 94.1 Å². The quantitative estimate of drug-likeness (QED) is 0.880. The maximum absolute atomic E-state index is 12.4. The molecule has 3 rings (SSSR count). The Kier molecular flexibility index (Phi) is 4.38. The van der Waals surface area contributed by atoms with Crippen molar-refractivity contribution in [3.05, 3.63) is 34.6 Å². The van der Waals surface area contributed by atoms with Crippen molar-refractivity contribution in [2.75, 3.05) is 13.1 Å². The Labute approximate surface area is 134 Å². The Bertz CT molecular complexity index is 772. The summed E-state index contributed by atoms with van der Waals surface area (Å²) >= 11 is 0. The summed E-state index contributed by atoms with van der Waals surface area (Å²) in [5.41, 5.74) is 6.05.